The quantitative estimate of drug-likeness (QED) is 0.786. The summed E-state index contributed by atoms with van der Waals surface area (Å²) < 4.78 is 7.33. The van der Waals surface area contributed by atoms with Crippen molar-refractivity contribution in [3.63, 3.8) is 0 Å². The van der Waals surface area contributed by atoms with Gasteiger partial charge in [0.2, 0.25) is 0 Å². The van der Waals surface area contributed by atoms with Crippen molar-refractivity contribution in [1.29, 1.82) is 0 Å². The molecule has 0 atom stereocenters. The van der Waals surface area contributed by atoms with Crippen LogP contribution in [0, 0.1) is 0 Å². The van der Waals surface area contributed by atoms with Crippen LogP contribution in [0.4, 0.5) is 5.82 Å². The van der Waals surface area contributed by atoms with Gasteiger partial charge in [-0.1, -0.05) is 6.08 Å². The second kappa shape index (κ2) is 5.48. The van der Waals surface area contributed by atoms with Gasteiger partial charge in [-0.05, 0) is 36.3 Å². The van der Waals surface area contributed by atoms with Crippen LogP contribution >= 0.6 is 0 Å². The highest BCUT2D eigenvalue weighted by atomic mass is 16.5. The zero-order valence-electron chi connectivity index (χ0n) is 12.9. The smallest absolute Gasteiger partial charge is 0.160 e. The van der Waals surface area contributed by atoms with Gasteiger partial charge in [0.05, 0.1) is 24.5 Å². The van der Waals surface area contributed by atoms with Gasteiger partial charge in [0, 0.05) is 13.2 Å². The highest BCUT2D eigenvalue weighted by Gasteiger charge is 2.15. The van der Waals surface area contributed by atoms with Crippen LogP contribution in [0.15, 0.2) is 36.5 Å². The van der Waals surface area contributed by atoms with Crippen LogP contribution in [0.25, 0.3) is 28.1 Å². The van der Waals surface area contributed by atoms with Crippen molar-refractivity contribution < 1.29 is 4.74 Å². The van der Waals surface area contributed by atoms with Crippen molar-refractivity contribution in [3.8, 4) is 11.4 Å². The molecule has 6 nitrogen and oxygen atoms in total. The summed E-state index contributed by atoms with van der Waals surface area (Å²) in [7, 11) is 1.95. The number of nitrogen functional groups attached to an aromatic ring is 1. The number of hydrogen-bond donors (Lipinski definition) is 1. The van der Waals surface area contributed by atoms with E-state index in [0.29, 0.717) is 12.4 Å². The Bertz CT molecular complexity index is 912. The molecule has 6 heteroatoms. The van der Waals surface area contributed by atoms with E-state index in [9.17, 15) is 0 Å². The highest BCUT2D eigenvalue weighted by molar-refractivity contribution is 5.81. The molecule has 1 aliphatic rings. The third-order valence-corrected chi connectivity index (χ3v) is 4.09. The normalized spacial score (nSPS) is 14.9. The van der Waals surface area contributed by atoms with Gasteiger partial charge >= 0.3 is 0 Å². The second-order valence-corrected chi connectivity index (χ2v) is 5.52. The molecule has 0 aromatic carbocycles. The average Bonchev–Trinajstić information content (AvgIpc) is 2.92. The number of pyridine rings is 2. The number of aromatic nitrogens is 4. The van der Waals surface area contributed by atoms with Crippen molar-refractivity contribution >= 4 is 22.6 Å². The molecule has 4 heterocycles. The molecule has 116 valence electrons. The third kappa shape index (κ3) is 2.37. The zero-order chi connectivity index (χ0) is 15.8. The Labute approximate surface area is 133 Å². The van der Waals surface area contributed by atoms with Crippen LogP contribution in [-0.2, 0) is 11.8 Å². The fourth-order valence-corrected chi connectivity index (χ4v) is 2.85. The highest BCUT2D eigenvalue weighted by Crippen LogP contribution is 2.27. The summed E-state index contributed by atoms with van der Waals surface area (Å²) in [5.74, 6) is 1.24. The number of nitrogens with two attached hydrogens (primary N) is 1. The number of imidazole rings is 1. The van der Waals surface area contributed by atoms with E-state index < -0.39 is 0 Å². The number of hydrogen-bond acceptors (Lipinski definition) is 5. The molecule has 0 aliphatic carbocycles. The van der Waals surface area contributed by atoms with Gasteiger partial charge in [-0.3, -0.25) is 0 Å². The van der Waals surface area contributed by atoms with E-state index in [4.69, 9.17) is 15.5 Å². The lowest BCUT2D eigenvalue weighted by atomic mass is 10.1. The van der Waals surface area contributed by atoms with Gasteiger partial charge < -0.3 is 15.0 Å². The number of fused-ring (bicyclic) bond motifs is 1. The van der Waals surface area contributed by atoms with E-state index in [1.807, 2.05) is 35.9 Å². The fraction of sp³-hybridized carbons (Fsp3) is 0.235. The lowest BCUT2D eigenvalue weighted by Crippen LogP contribution is -2.05. The average molecular weight is 307 g/mol. The molecule has 1 aliphatic heterocycles. The van der Waals surface area contributed by atoms with E-state index >= 15 is 0 Å². The van der Waals surface area contributed by atoms with Crippen molar-refractivity contribution in [2.45, 2.75) is 6.42 Å². The van der Waals surface area contributed by atoms with Crippen LogP contribution in [-0.4, -0.2) is 32.7 Å². The van der Waals surface area contributed by atoms with Crippen molar-refractivity contribution in [1.82, 2.24) is 19.5 Å². The van der Waals surface area contributed by atoms with E-state index in [0.717, 1.165) is 41.3 Å². The standard InChI is InChI=1S/C17H17N5O/c1-22-16(12-3-2-8-19-15(12)18)21-14-5-4-13(20-17(14)22)11-6-9-23-10-7-11/h2-6,8H,7,9-10H2,1H3,(H2,18,19). The third-order valence-electron chi connectivity index (χ3n) is 4.09. The van der Waals surface area contributed by atoms with Gasteiger partial charge in [-0.15, -0.1) is 0 Å². The topological polar surface area (TPSA) is 78.9 Å². The lowest BCUT2D eigenvalue weighted by molar-refractivity contribution is 0.161. The Balaban J connectivity index is 1.85. The van der Waals surface area contributed by atoms with Crippen LogP contribution in [0.3, 0.4) is 0 Å². The molecule has 0 spiro atoms. The molecule has 0 saturated carbocycles. The molecular formula is C17H17N5O. The molecule has 2 N–H and O–H groups in total. The molecule has 0 bridgehead atoms. The first kappa shape index (κ1) is 13.9. The monoisotopic (exact) mass is 307 g/mol. The first-order valence-corrected chi connectivity index (χ1v) is 7.55. The minimum absolute atomic E-state index is 0.471. The second-order valence-electron chi connectivity index (χ2n) is 5.52. The summed E-state index contributed by atoms with van der Waals surface area (Å²) in [5.41, 5.74) is 10.7. The summed E-state index contributed by atoms with van der Waals surface area (Å²) in [4.78, 5) is 13.6. The molecule has 0 fully saturated rings. The van der Waals surface area contributed by atoms with Crippen LogP contribution in [0.1, 0.15) is 12.1 Å². The molecule has 4 rings (SSSR count). The van der Waals surface area contributed by atoms with E-state index in [2.05, 4.69) is 16.0 Å². The largest absolute Gasteiger partial charge is 0.383 e. The first-order chi connectivity index (χ1) is 11.2. The molecule has 3 aromatic rings. The SMILES string of the molecule is Cn1c(-c2cccnc2N)nc2ccc(C3=CCOCC3)nc21. The molecule has 0 saturated heterocycles. The number of nitrogens with zero attached hydrogens (tertiary/aromatic N) is 4. The van der Waals surface area contributed by atoms with Crippen molar-refractivity contribution in [2.75, 3.05) is 18.9 Å². The zero-order valence-corrected chi connectivity index (χ0v) is 12.9. The molecule has 3 aromatic heterocycles. The molecule has 0 amide bonds. The van der Waals surface area contributed by atoms with Crippen molar-refractivity contribution in [3.05, 3.63) is 42.2 Å². The minimum atomic E-state index is 0.471. The van der Waals surface area contributed by atoms with E-state index in [1.165, 1.54) is 5.57 Å². The molecule has 0 radical (unpaired) electrons. The van der Waals surface area contributed by atoms with Gasteiger partial charge in [0.25, 0.3) is 0 Å². The Morgan fingerprint density at radius 1 is 1.22 bits per heavy atom. The maximum atomic E-state index is 5.98. The van der Waals surface area contributed by atoms with Gasteiger partial charge in [0.1, 0.15) is 17.2 Å². The summed E-state index contributed by atoms with van der Waals surface area (Å²) in [6.07, 6.45) is 4.66. The number of ether oxygens (including phenoxy) is 1. The van der Waals surface area contributed by atoms with Gasteiger partial charge in [-0.25, -0.2) is 15.0 Å². The van der Waals surface area contributed by atoms with Crippen LogP contribution < -0.4 is 5.73 Å². The van der Waals surface area contributed by atoms with Crippen LogP contribution in [0.5, 0.6) is 0 Å². The molecular weight excluding hydrogens is 290 g/mol. The number of anilines is 1. The predicted molar refractivity (Wildman–Crippen MR) is 89.6 cm³/mol. The summed E-state index contributed by atoms with van der Waals surface area (Å²) >= 11 is 0. The maximum absolute atomic E-state index is 5.98. The van der Waals surface area contributed by atoms with E-state index in [-0.39, 0.29) is 0 Å². The van der Waals surface area contributed by atoms with Crippen molar-refractivity contribution in [2.24, 2.45) is 7.05 Å². The Kier molecular flexibility index (Phi) is 3.31. The molecule has 0 unspecified atom stereocenters. The summed E-state index contributed by atoms with van der Waals surface area (Å²) in [6, 6.07) is 7.80. The minimum Gasteiger partial charge on any atom is -0.383 e. The predicted octanol–water partition coefficient (Wildman–Crippen LogP) is 2.42. The summed E-state index contributed by atoms with van der Waals surface area (Å²) in [6.45, 7) is 1.40. The number of aryl methyl sites for hydroxylation is 1. The van der Waals surface area contributed by atoms with Crippen LogP contribution in [0.2, 0.25) is 0 Å². The number of rotatable bonds is 2. The fourth-order valence-electron chi connectivity index (χ4n) is 2.85. The maximum Gasteiger partial charge on any atom is 0.160 e. The van der Waals surface area contributed by atoms with Gasteiger partial charge in [-0.2, -0.15) is 0 Å². The Hall–Kier alpha value is -2.73. The Morgan fingerprint density at radius 3 is 2.91 bits per heavy atom. The van der Waals surface area contributed by atoms with Gasteiger partial charge in [0.15, 0.2) is 5.65 Å². The first-order valence-electron chi connectivity index (χ1n) is 7.55. The summed E-state index contributed by atoms with van der Waals surface area (Å²) in [5, 5.41) is 0. The molecule has 23 heavy (non-hydrogen) atoms. The Morgan fingerprint density at radius 2 is 2.13 bits per heavy atom. The lowest BCUT2D eigenvalue weighted by Gasteiger charge is -2.12. The van der Waals surface area contributed by atoms with E-state index in [1.54, 1.807) is 6.20 Å².